The van der Waals surface area contributed by atoms with Crippen molar-refractivity contribution in [1.29, 1.82) is 0 Å². The van der Waals surface area contributed by atoms with Gasteiger partial charge in [-0.2, -0.15) is 0 Å². The van der Waals surface area contributed by atoms with Crippen molar-refractivity contribution in [3.63, 3.8) is 0 Å². The lowest BCUT2D eigenvalue weighted by molar-refractivity contribution is 0.100. The SMILES string of the molecule is NC(=O)c1cc2c(s1)-c1cc(F)cc(Cl)c1SC2. The molecule has 1 aliphatic heterocycles. The first-order valence-electron chi connectivity index (χ1n) is 5.11. The van der Waals surface area contributed by atoms with Gasteiger partial charge in [0.2, 0.25) is 0 Å². The lowest BCUT2D eigenvalue weighted by atomic mass is 10.1. The Morgan fingerprint density at radius 2 is 2.17 bits per heavy atom. The molecule has 2 aromatic rings. The van der Waals surface area contributed by atoms with Crippen LogP contribution in [0, 0.1) is 5.82 Å². The van der Waals surface area contributed by atoms with Crippen molar-refractivity contribution >= 4 is 40.6 Å². The molecule has 1 aromatic heterocycles. The van der Waals surface area contributed by atoms with Crippen molar-refractivity contribution < 1.29 is 9.18 Å². The van der Waals surface area contributed by atoms with E-state index in [4.69, 9.17) is 17.3 Å². The van der Waals surface area contributed by atoms with Crippen LogP contribution < -0.4 is 5.73 Å². The Labute approximate surface area is 116 Å². The molecule has 1 amide bonds. The first-order valence-corrected chi connectivity index (χ1v) is 7.29. The highest BCUT2D eigenvalue weighted by molar-refractivity contribution is 7.99. The van der Waals surface area contributed by atoms with Gasteiger partial charge in [-0.3, -0.25) is 4.79 Å². The van der Waals surface area contributed by atoms with E-state index in [1.807, 2.05) is 0 Å². The predicted molar refractivity (Wildman–Crippen MR) is 72.8 cm³/mol. The van der Waals surface area contributed by atoms with Crippen molar-refractivity contribution in [2.75, 3.05) is 0 Å². The fourth-order valence-electron chi connectivity index (χ4n) is 1.91. The number of benzene rings is 1. The number of rotatable bonds is 1. The van der Waals surface area contributed by atoms with Gasteiger partial charge in [-0.05, 0) is 23.8 Å². The summed E-state index contributed by atoms with van der Waals surface area (Å²) in [5.74, 6) is -0.109. The molecule has 0 fully saturated rings. The molecule has 2 nitrogen and oxygen atoms in total. The van der Waals surface area contributed by atoms with Crippen LogP contribution in [0.25, 0.3) is 10.4 Å². The molecule has 2 N–H and O–H groups in total. The summed E-state index contributed by atoms with van der Waals surface area (Å²) in [7, 11) is 0. The van der Waals surface area contributed by atoms with Crippen LogP contribution >= 0.6 is 34.7 Å². The third-order valence-electron chi connectivity index (χ3n) is 2.68. The van der Waals surface area contributed by atoms with Crippen LogP contribution in [0.5, 0.6) is 0 Å². The van der Waals surface area contributed by atoms with E-state index in [2.05, 4.69) is 0 Å². The highest BCUT2D eigenvalue weighted by Crippen LogP contribution is 2.48. The van der Waals surface area contributed by atoms with Crippen molar-refractivity contribution in [2.24, 2.45) is 5.73 Å². The maximum absolute atomic E-state index is 13.4. The fourth-order valence-corrected chi connectivity index (χ4v) is 4.53. The summed E-state index contributed by atoms with van der Waals surface area (Å²) in [6.07, 6.45) is 0. The first kappa shape index (κ1) is 12.0. The fraction of sp³-hybridized carbons (Fsp3) is 0.0833. The van der Waals surface area contributed by atoms with E-state index in [-0.39, 0.29) is 5.82 Å². The maximum Gasteiger partial charge on any atom is 0.258 e. The average Bonchev–Trinajstić information content (AvgIpc) is 2.72. The molecule has 0 atom stereocenters. The Hall–Kier alpha value is -1.04. The smallest absolute Gasteiger partial charge is 0.258 e. The van der Waals surface area contributed by atoms with E-state index in [0.29, 0.717) is 9.90 Å². The highest BCUT2D eigenvalue weighted by atomic mass is 35.5. The second-order valence-electron chi connectivity index (χ2n) is 3.88. The minimum atomic E-state index is -0.455. The number of primary amides is 1. The normalized spacial score (nSPS) is 13.0. The van der Waals surface area contributed by atoms with E-state index >= 15 is 0 Å². The Balaban J connectivity index is 2.24. The molecule has 0 spiro atoms. The Morgan fingerprint density at radius 1 is 1.39 bits per heavy atom. The van der Waals surface area contributed by atoms with Crippen LogP contribution in [0.2, 0.25) is 5.02 Å². The van der Waals surface area contributed by atoms with Crippen molar-refractivity contribution in [1.82, 2.24) is 0 Å². The summed E-state index contributed by atoms with van der Waals surface area (Å²) in [6.45, 7) is 0. The number of carbonyl (C=O) groups is 1. The standard InChI is InChI=1S/C12H7ClFNOS2/c13-8-3-6(14)2-7-10-5(4-17-11(7)8)1-9(18-10)12(15)16/h1-3H,4H2,(H2,15,16). The largest absolute Gasteiger partial charge is 0.365 e. The summed E-state index contributed by atoms with van der Waals surface area (Å²) >= 11 is 8.87. The number of carbonyl (C=O) groups excluding carboxylic acids is 1. The average molecular weight is 300 g/mol. The molecule has 6 heteroatoms. The minimum absolute atomic E-state index is 0.374. The summed E-state index contributed by atoms with van der Waals surface area (Å²) in [5.41, 5.74) is 7.03. The van der Waals surface area contributed by atoms with Gasteiger partial charge in [-0.15, -0.1) is 23.1 Å². The van der Waals surface area contributed by atoms with E-state index in [1.165, 1.54) is 23.5 Å². The van der Waals surface area contributed by atoms with Crippen LogP contribution in [-0.2, 0) is 5.75 Å². The molecule has 0 bridgehead atoms. The van der Waals surface area contributed by atoms with Crippen LogP contribution in [0.4, 0.5) is 4.39 Å². The second-order valence-corrected chi connectivity index (χ2v) is 6.33. The van der Waals surface area contributed by atoms with Gasteiger partial charge >= 0.3 is 0 Å². The van der Waals surface area contributed by atoms with Gasteiger partial charge in [-0.1, -0.05) is 11.6 Å². The molecule has 0 aliphatic carbocycles. The minimum Gasteiger partial charge on any atom is -0.365 e. The number of hydrogen-bond acceptors (Lipinski definition) is 3. The monoisotopic (exact) mass is 299 g/mol. The molecule has 2 heterocycles. The number of hydrogen-bond donors (Lipinski definition) is 1. The molecule has 0 saturated carbocycles. The van der Waals surface area contributed by atoms with Crippen LogP contribution in [0.1, 0.15) is 15.2 Å². The summed E-state index contributed by atoms with van der Waals surface area (Å²) in [6, 6.07) is 4.53. The Morgan fingerprint density at radius 3 is 2.89 bits per heavy atom. The topological polar surface area (TPSA) is 43.1 Å². The van der Waals surface area contributed by atoms with E-state index < -0.39 is 5.91 Å². The van der Waals surface area contributed by atoms with Crippen LogP contribution in [0.3, 0.4) is 0 Å². The van der Waals surface area contributed by atoms with Gasteiger partial charge in [0.05, 0.1) is 9.90 Å². The lowest BCUT2D eigenvalue weighted by Crippen LogP contribution is -2.08. The lowest BCUT2D eigenvalue weighted by Gasteiger charge is -2.16. The number of fused-ring (bicyclic) bond motifs is 3. The zero-order valence-electron chi connectivity index (χ0n) is 9.00. The molecule has 0 unspecified atom stereocenters. The van der Waals surface area contributed by atoms with Gasteiger partial charge in [0.25, 0.3) is 5.91 Å². The number of amides is 1. The maximum atomic E-state index is 13.4. The summed E-state index contributed by atoms with van der Waals surface area (Å²) in [5, 5.41) is 0.412. The zero-order valence-corrected chi connectivity index (χ0v) is 11.4. The van der Waals surface area contributed by atoms with Crippen LogP contribution in [-0.4, -0.2) is 5.91 Å². The zero-order chi connectivity index (χ0) is 12.9. The molecule has 92 valence electrons. The summed E-state index contributed by atoms with van der Waals surface area (Å²) in [4.78, 5) is 13.4. The first-order chi connectivity index (χ1) is 8.56. The highest BCUT2D eigenvalue weighted by Gasteiger charge is 2.23. The van der Waals surface area contributed by atoms with Crippen LogP contribution in [0.15, 0.2) is 23.1 Å². The molecule has 1 aliphatic rings. The van der Waals surface area contributed by atoms with E-state index in [1.54, 1.807) is 17.8 Å². The van der Waals surface area contributed by atoms with E-state index in [9.17, 15) is 9.18 Å². The Kier molecular flexibility index (Phi) is 2.84. The molecule has 0 saturated heterocycles. The number of nitrogens with two attached hydrogens (primary N) is 1. The summed E-state index contributed by atoms with van der Waals surface area (Å²) < 4.78 is 13.4. The van der Waals surface area contributed by atoms with Gasteiger partial charge in [-0.25, -0.2) is 4.39 Å². The quantitative estimate of drug-likeness (QED) is 0.867. The molecule has 0 radical (unpaired) electrons. The van der Waals surface area contributed by atoms with Gasteiger partial charge < -0.3 is 5.73 Å². The third-order valence-corrected chi connectivity index (χ3v) is 5.50. The number of halogens is 2. The molecular weight excluding hydrogens is 293 g/mol. The number of thioether (sulfide) groups is 1. The van der Waals surface area contributed by atoms with Gasteiger partial charge in [0.15, 0.2) is 0 Å². The van der Waals surface area contributed by atoms with Gasteiger partial charge in [0.1, 0.15) is 5.82 Å². The van der Waals surface area contributed by atoms with Gasteiger partial charge in [0, 0.05) is 21.1 Å². The molecule has 1 aromatic carbocycles. The molecule has 3 rings (SSSR count). The predicted octanol–water partition coefficient (Wildman–Crippen LogP) is 3.91. The number of thiophene rings is 1. The third kappa shape index (κ3) is 1.83. The molecular formula is C12H7ClFNOS2. The van der Waals surface area contributed by atoms with Crippen molar-refractivity contribution in [2.45, 2.75) is 10.6 Å². The second kappa shape index (κ2) is 4.26. The molecule has 18 heavy (non-hydrogen) atoms. The van der Waals surface area contributed by atoms with E-state index in [0.717, 1.165) is 26.7 Å². The van der Waals surface area contributed by atoms with Crippen molar-refractivity contribution in [3.8, 4) is 10.4 Å². The Bertz CT molecular complexity index is 668. The van der Waals surface area contributed by atoms with Crippen molar-refractivity contribution in [3.05, 3.63) is 39.5 Å².